The Bertz CT molecular complexity index is 400. The number of aromatic nitrogens is 1. The number of rotatable bonds is 3. The molecule has 0 unspecified atom stereocenters. The van der Waals surface area contributed by atoms with Crippen molar-refractivity contribution in [1.29, 1.82) is 0 Å². The summed E-state index contributed by atoms with van der Waals surface area (Å²) in [5, 5.41) is 4.03. The Morgan fingerprint density at radius 2 is 2.12 bits per heavy atom. The molecule has 1 fully saturated rings. The van der Waals surface area contributed by atoms with Crippen LogP contribution in [0.3, 0.4) is 0 Å². The second-order valence-electron chi connectivity index (χ2n) is 4.09. The van der Waals surface area contributed by atoms with Crippen LogP contribution >= 0.6 is 0 Å². The first-order valence-electron chi connectivity index (χ1n) is 5.63. The Morgan fingerprint density at radius 3 is 2.62 bits per heavy atom. The van der Waals surface area contributed by atoms with Crippen LogP contribution in [0, 0.1) is 0 Å². The highest BCUT2D eigenvalue weighted by Crippen LogP contribution is 2.26. The van der Waals surface area contributed by atoms with Crippen LogP contribution in [0.1, 0.15) is 25.2 Å². The monoisotopic (exact) mass is 223 g/mol. The Balaban J connectivity index is 2.33. The van der Waals surface area contributed by atoms with Gasteiger partial charge >= 0.3 is 0 Å². The molecule has 1 saturated heterocycles. The number of carbonyl (C=O) groups is 1. The number of likely N-dealkylation sites (N-methyl/N-ethyl adjacent to an activating group) is 1. The molecular weight excluding hydrogens is 206 g/mol. The molecule has 0 N–H and O–H groups in total. The van der Waals surface area contributed by atoms with E-state index >= 15 is 0 Å². The standard InChI is InChI=1S/C11H17N3O2/c1-4-8-9(5-2)16-12-11(8)14-7-13(3)6-10(14)15/h4-7H2,1-3H3. The summed E-state index contributed by atoms with van der Waals surface area (Å²) in [5.41, 5.74) is 1.06. The zero-order valence-corrected chi connectivity index (χ0v) is 9.99. The smallest absolute Gasteiger partial charge is 0.243 e. The molecule has 0 aromatic carbocycles. The van der Waals surface area contributed by atoms with Crippen LogP contribution < -0.4 is 4.90 Å². The number of anilines is 1. The van der Waals surface area contributed by atoms with E-state index in [4.69, 9.17) is 4.52 Å². The summed E-state index contributed by atoms with van der Waals surface area (Å²) in [7, 11) is 1.92. The molecule has 0 saturated carbocycles. The molecule has 1 aliphatic rings. The molecule has 1 amide bonds. The van der Waals surface area contributed by atoms with Crippen LogP contribution in [0.15, 0.2) is 4.52 Å². The lowest BCUT2D eigenvalue weighted by molar-refractivity contribution is -0.116. The lowest BCUT2D eigenvalue weighted by Crippen LogP contribution is -2.27. The van der Waals surface area contributed by atoms with Crippen molar-refractivity contribution in [1.82, 2.24) is 10.1 Å². The van der Waals surface area contributed by atoms with Gasteiger partial charge in [0, 0.05) is 12.0 Å². The van der Waals surface area contributed by atoms with Crippen molar-refractivity contribution in [3.05, 3.63) is 11.3 Å². The van der Waals surface area contributed by atoms with Crippen LogP contribution in [0.5, 0.6) is 0 Å². The van der Waals surface area contributed by atoms with E-state index in [1.807, 2.05) is 18.9 Å². The quantitative estimate of drug-likeness (QED) is 0.768. The number of amides is 1. The van der Waals surface area contributed by atoms with Crippen molar-refractivity contribution < 1.29 is 9.32 Å². The Kier molecular flexibility index (Phi) is 2.96. The molecule has 1 aromatic heterocycles. The highest BCUT2D eigenvalue weighted by Gasteiger charge is 2.30. The van der Waals surface area contributed by atoms with Crippen molar-refractivity contribution in [2.75, 3.05) is 25.2 Å². The van der Waals surface area contributed by atoms with Gasteiger partial charge in [-0.3, -0.25) is 14.6 Å². The highest BCUT2D eigenvalue weighted by molar-refractivity contribution is 5.96. The maximum Gasteiger partial charge on any atom is 0.243 e. The van der Waals surface area contributed by atoms with Gasteiger partial charge in [0.25, 0.3) is 0 Å². The van der Waals surface area contributed by atoms with Crippen molar-refractivity contribution in [3.63, 3.8) is 0 Å². The molecule has 2 rings (SSSR count). The van der Waals surface area contributed by atoms with Crippen molar-refractivity contribution in [2.24, 2.45) is 0 Å². The van der Waals surface area contributed by atoms with Gasteiger partial charge in [-0.25, -0.2) is 0 Å². The summed E-state index contributed by atoms with van der Waals surface area (Å²) in [5.74, 6) is 1.68. The van der Waals surface area contributed by atoms with Gasteiger partial charge in [0.15, 0.2) is 5.82 Å². The zero-order chi connectivity index (χ0) is 11.7. The van der Waals surface area contributed by atoms with Crippen LogP contribution in [0.4, 0.5) is 5.82 Å². The predicted molar refractivity (Wildman–Crippen MR) is 60.2 cm³/mol. The second-order valence-corrected chi connectivity index (χ2v) is 4.09. The van der Waals surface area contributed by atoms with E-state index in [9.17, 15) is 4.79 Å². The number of aryl methyl sites for hydroxylation is 1. The number of nitrogens with zero attached hydrogens (tertiary/aromatic N) is 3. The fraction of sp³-hybridized carbons (Fsp3) is 0.636. The average Bonchev–Trinajstić information content (AvgIpc) is 2.80. The van der Waals surface area contributed by atoms with Crippen LogP contribution in [0.2, 0.25) is 0 Å². The topological polar surface area (TPSA) is 49.6 Å². The number of carbonyl (C=O) groups excluding carboxylic acids is 1. The maximum atomic E-state index is 11.8. The van der Waals surface area contributed by atoms with Gasteiger partial charge in [-0.15, -0.1) is 0 Å². The van der Waals surface area contributed by atoms with Crippen LogP contribution in [-0.4, -0.2) is 36.2 Å². The van der Waals surface area contributed by atoms with E-state index in [0.717, 1.165) is 24.2 Å². The predicted octanol–water partition coefficient (Wildman–Crippen LogP) is 1.04. The Labute approximate surface area is 95.0 Å². The molecular formula is C11H17N3O2. The molecule has 1 aromatic rings. The van der Waals surface area contributed by atoms with Gasteiger partial charge in [0.2, 0.25) is 5.91 Å². The minimum Gasteiger partial charge on any atom is -0.359 e. The van der Waals surface area contributed by atoms with E-state index in [1.165, 1.54) is 0 Å². The van der Waals surface area contributed by atoms with E-state index in [0.29, 0.717) is 19.0 Å². The third-order valence-corrected chi connectivity index (χ3v) is 2.87. The fourth-order valence-electron chi connectivity index (χ4n) is 2.05. The van der Waals surface area contributed by atoms with Gasteiger partial charge in [-0.05, 0) is 13.5 Å². The van der Waals surface area contributed by atoms with E-state index in [1.54, 1.807) is 4.90 Å². The lowest BCUT2D eigenvalue weighted by atomic mass is 10.1. The third kappa shape index (κ3) is 1.71. The second kappa shape index (κ2) is 4.25. The molecule has 88 valence electrons. The summed E-state index contributed by atoms with van der Waals surface area (Å²) in [4.78, 5) is 15.4. The molecule has 16 heavy (non-hydrogen) atoms. The molecule has 0 aliphatic carbocycles. The molecule has 0 atom stereocenters. The first kappa shape index (κ1) is 11.1. The van der Waals surface area contributed by atoms with Crippen molar-refractivity contribution in [2.45, 2.75) is 26.7 Å². The number of hydrogen-bond donors (Lipinski definition) is 0. The first-order valence-corrected chi connectivity index (χ1v) is 5.63. The van der Waals surface area contributed by atoms with Gasteiger partial charge in [0.1, 0.15) is 5.76 Å². The summed E-state index contributed by atoms with van der Waals surface area (Å²) in [6.45, 7) is 5.14. The summed E-state index contributed by atoms with van der Waals surface area (Å²) < 4.78 is 5.27. The maximum absolute atomic E-state index is 11.8. The van der Waals surface area contributed by atoms with Crippen LogP contribution in [-0.2, 0) is 17.6 Å². The SMILES string of the molecule is CCc1onc(N2CN(C)CC2=O)c1CC. The minimum atomic E-state index is 0.0909. The van der Waals surface area contributed by atoms with Gasteiger partial charge in [0.05, 0.1) is 13.2 Å². The molecule has 1 aliphatic heterocycles. The molecule has 0 bridgehead atoms. The summed E-state index contributed by atoms with van der Waals surface area (Å²) >= 11 is 0. The van der Waals surface area contributed by atoms with Gasteiger partial charge < -0.3 is 4.52 Å². The molecule has 2 heterocycles. The van der Waals surface area contributed by atoms with Gasteiger partial charge in [-0.2, -0.15) is 0 Å². The lowest BCUT2D eigenvalue weighted by Gasteiger charge is -2.13. The Morgan fingerprint density at radius 1 is 1.38 bits per heavy atom. The average molecular weight is 223 g/mol. The van der Waals surface area contributed by atoms with Gasteiger partial charge in [-0.1, -0.05) is 19.0 Å². The molecule has 0 spiro atoms. The largest absolute Gasteiger partial charge is 0.359 e. The molecule has 0 radical (unpaired) electrons. The Hall–Kier alpha value is -1.36. The first-order chi connectivity index (χ1) is 7.67. The minimum absolute atomic E-state index is 0.0909. The summed E-state index contributed by atoms with van der Waals surface area (Å²) in [6.07, 6.45) is 1.66. The van der Waals surface area contributed by atoms with E-state index < -0.39 is 0 Å². The third-order valence-electron chi connectivity index (χ3n) is 2.87. The van der Waals surface area contributed by atoms with Crippen molar-refractivity contribution >= 4 is 11.7 Å². The zero-order valence-electron chi connectivity index (χ0n) is 9.99. The molecule has 5 heteroatoms. The van der Waals surface area contributed by atoms with E-state index in [-0.39, 0.29) is 5.91 Å². The number of hydrogen-bond acceptors (Lipinski definition) is 4. The normalized spacial score (nSPS) is 17.4. The van der Waals surface area contributed by atoms with Crippen molar-refractivity contribution in [3.8, 4) is 0 Å². The summed E-state index contributed by atoms with van der Waals surface area (Å²) in [6, 6.07) is 0. The van der Waals surface area contributed by atoms with E-state index in [2.05, 4.69) is 12.1 Å². The van der Waals surface area contributed by atoms with Crippen LogP contribution in [0.25, 0.3) is 0 Å². The molecule has 5 nitrogen and oxygen atoms in total. The highest BCUT2D eigenvalue weighted by atomic mass is 16.5. The fourth-order valence-corrected chi connectivity index (χ4v) is 2.05.